The fraction of sp³-hybridized carbons (Fsp3) is 0.263. The van der Waals surface area contributed by atoms with E-state index in [0.29, 0.717) is 0 Å². The van der Waals surface area contributed by atoms with Crippen molar-refractivity contribution < 1.29 is 14.3 Å². The van der Waals surface area contributed by atoms with Crippen LogP contribution in [0.5, 0.6) is 0 Å². The normalized spacial score (nSPS) is 11.8. The Morgan fingerprint density at radius 2 is 1.68 bits per heavy atom. The molecule has 0 bridgehead atoms. The summed E-state index contributed by atoms with van der Waals surface area (Å²) in [6, 6.07) is 8.61. The number of rotatable bonds is 4. The van der Waals surface area contributed by atoms with E-state index in [0.717, 1.165) is 22.4 Å². The third-order valence-corrected chi connectivity index (χ3v) is 4.57. The molecule has 2 aromatic rings. The predicted octanol–water partition coefficient (Wildman–Crippen LogP) is 5.10. The van der Waals surface area contributed by atoms with Gasteiger partial charge in [-0.05, 0) is 51.0 Å². The largest absolute Gasteiger partial charge is 0.449 e. The topological polar surface area (TPSA) is 55.4 Å². The molecule has 4 nitrogen and oxygen atoms in total. The highest BCUT2D eigenvalue weighted by atomic mass is 35.5. The molecule has 0 saturated heterocycles. The molecule has 0 heterocycles. The van der Waals surface area contributed by atoms with Gasteiger partial charge in [-0.2, -0.15) is 0 Å². The van der Waals surface area contributed by atoms with Crippen molar-refractivity contribution in [2.24, 2.45) is 0 Å². The highest BCUT2D eigenvalue weighted by Crippen LogP contribution is 2.26. The number of hydrogen-bond acceptors (Lipinski definition) is 3. The Morgan fingerprint density at radius 3 is 2.28 bits per heavy atom. The molecule has 0 aromatic heterocycles. The SMILES string of the molecule is Cc1cc(C)c(NC(=O)C(C)OC(=O)c2cccc(Cl)c2Cl)c(C)c1. The van der Waals surface area contributed by atoms with Gasteiger partial charge in [-0.25, -0.2) is 4.79 Å². The molecule has 132 valence electrons. The minimum atomic E-state index is -0.984. The number of esters is 1. The molecule has 1 amide bonds. The van der Waals surface area contributed by atoms with Gasteiger partial charge in [-0.1, -0.05) is 47.0 Å². The van der Waals surface area contributed by atoms with Gasteiger partial charge in [-0.3, -0.25) is 4.79 Å². The maximum absolute atomic E-state index is 12.4. The van der Waals surface area contributed by atoms with Gasteiger partial charge in [0.05, 0.1) is 15.6 Å². The molecule has 0 fully saturated rings. The second kappa shape index (κ2) is 7.89. The standard InChI is InChI=1S/C19H19Cl2NO3/c1-10-8-11(2)17(12(3)9-10)22-18(23)13(4)25-19(24)14-6-5-7-15(20)16(14)21/h5-9,13H,1-4H3,(H,22,23). The Kier molecular flexibility index (Phi) is 6.09. The zero-order valence-electron chi connectivity index (χ0n) is 14.4. The quantitative estimate of drug-likeness (QED) is 0.751. The van der Waals surface area contributed by atoms with E-state index < -0.39 is 18.0 Å². The van der Waals surface area contributed by atoms with Crippen molar-refractivity contribution in [2.75, 3.05) is 5.32 Å². The first kappa shape index (κ1) is 19.3. The first-order valence-corrected chi connectivity index (χ1v) is 8.50. The Bertz CT molecular complexity index is 810. The highest BCUT2D eigenvalue weighted by molar-refractivity contribution is 6.43. The van der Waals surface area contributed by atoms with Crippen LogP contribution >= 0.6 is 23.2 Å². The fourth-order valence-corrected chi connectivity index (χ4v) is 2.92. The van der Waals surface area contributed by atoms with Crippen LogP contribution in [0.4, 0.5) is 5.69 Å². The van der Waals surface area contributed by atoms with E-state index in [9.17, 15) is 9.59 Å². The van der Waals surface area contributed by atoms with Crippen molar-refractivity contribution in [1.82, 2.24) is 0 Å². The smallest absolute Gasteiger partial charge is 0.340 e. The molecule has 0 aliphatic rings. The number of amides is 1. The van der Waals surface area contributed by atoms with Gasteiger partial charge in [0.1, 0.15) is 0 Å². The van der Waals surface area contributed by atoms with Crippen molar-refractivity contribution in [1.29, 1.82) is 0 Å². The molecule has 1 unspecified atom stereocenters. The number of carbonyl (C=O) groups is 2. The lowest BCUT2D eigenvalue weighted by Gasteiger charge is -2.17. The van der Waals surface area contributed by atoms with Gasteiger partial charge in [0.25, 0.3) is 5.91 Å². The Balaban J connectivity index is 2.11. The van der Waals surface area contributed by atoms with Crippen molar-refractivity contribution >= 4 is 40.8 Å². The fourth-order valence-electron chi connectivity index (χ4n) is 2.54. The van der Waals surface area contributed by atoms with Gasteiger partial charge in [0, 0.05) is 5.69 Å². The highest BCUT2D eigenvalue weighted by Gasteiger charge is 2.22. The van der Waals surface area contributed by atoms with Gasteiger partial charge in [-0.15, -0.1) is 0 Å². The molecule has 1 N–H and O–H groups in total. The van der Waals surface area contributed by atoms with E-state index in [1.165, 1.54) is 13.0 Å². The number of hydrogen-bond donors (Lipinski definition) is 1. The number of nitrogens with one attached hydrogen (secondary N) is 1. The van der Waals surface area contributed by atoms with Crippen LogP contribution in [0, 0.1) is 20.8 Å². The number of aryl methyl sites for hydroxylation is 3. The average Bonchev–Trinajstić information content (AvgIpc) is 2.52. The minimum Gasteiger partial charge on any atom is -0.449 e. The molecule has 6 heteroatoms. The Hall–Kier alpha value is -2.04. The zero-order valence-corrected chi connectivity index (χ0v) is 16.0. The van der Waals surface area contributed by atoms with Crippen LogP contribution in [0.25, 0.3) is 0 Å². The van der Waals surface area contributed by atoms with Gasteiger partial charge in [0.15, 0.2) is 6.10 Å². The molecule has 0 aliphatic heterocycles. The average molecular weight is 380 g/mol. The molecule has 0 radical (unpaired) electrons. The molecular formula is C19H19Cl2NO3. The van der Waals surface area contributed by atoms with Gasteiger partial charge in [0.2, 0.25) is 0 Å². The second-order valence-electron chi connectivity index (χ2n) is 5.91. The van der Waals surface area contributed by atoms with Crippen molar-refractivity contribution in [2.45, 2.75) is 33.8 Å². The van der Waals surface area contributed by atoms with Crippen LogP contribution in [-0.2, 0) is 9.53 Å². The van der Waals surface area contributed by atoms with Crippen LogP contribution in [0.2, 0.25) is 10.0 Å². The third kappa shape index (κ3) is 4.53. The summed E-state index contributed by atoms with van der Waals surface area (Å²) in [5.74, 6) is -1.12. The summed E-state index contributed by atoms with van der Waals surface area (Å²) in [5, 5.41) is 3.17. The summed E-state index contributed by atoms with van der Waals surface area (Å²) in [4.78, 5) is 24.6. The summed E-state index contributed by atoms with van der Waals surface area (Å²) in [5.41, 5.74) is 3.85. The Labute approximate surface area is 157 Å². The molecule has 0 aliphatic carbocycles. The first-order chi connectivity index (χ1) is 11.7. The first-order valence-electron chi connectivity index (χ1n) is 7.74. The minimum absolute atomic E-state index is 0.104. The second-order valence-corrected chi connectivity index (χ2v) is 6.70. The van der Waals surface area contributed by atoms with Crippen LogP contribution in [0.3, 0.4) is 0 Å². The monoisotopic (exact) mass is 379 g/mol. The van der Waals surface area contributed by atoms with Crippen LogP contribution < -0.4 is 5.32 Å². The van der Waals surface area contributed by atoms with Crippen molar-refractivity contribution in [3.8, 4) is 0 Å². The maximum atomic E-state index is 12.4. The molecule has 1 atom stereocenters. The van der Waals surface area contributed by atoms with E-state index in [-0.39, 0.29) is 15.6 Å². The summed E-state index contributed by atoms with van der Waals surface area (Å²) in [7, 11) is 0. The van der Waals surface area contributed by atoms with Gasteiger partial charge < -0.3 is 10.1 Å². The molecule has 0 spiro atoms. The Morgan fingerprint density at radius 1 is 1.08 bits per heavy atom. The summed E-state index contributed by atoms with van der Waals surface area (Å²) in [6.07, 6.45) is -0.984. The van der Waals surface area contributed by atoms with E-state index in [1.54, 1.807) is 12.1 Å². The lowest BCUT2D eigenvalue weighted by molar-refractivity contribution is -0.123. The number of ether oxygens (including phenoxy) is 1. The summed E-state index contributed by atoms with van der Waals surface area (Å²) in [6.45, 7) is 7.32. The van der Waals surface area contributed by atoms with Crippen LogP contribution in [0.15, 0.2) is 30.3 Å². The predicted molar refractivity (Wildman–Crippen MR) is 101 cm³/mol. The molecular weight excluding hydrogens is 361 g/mol. The van der Waals surface area contributed by atoms with Crippen molar-refractivity contribution in [3.63, 3.8) is 0 Å². The number of benzene rings is 2. The molecule has 25 heavy (non-hydrogen) atoms. The zero-order chi connectivity index (χ0) is 18.7. The lowest BCUT2D eigenvalue weighted by atomic mass is 10.0. The molecule has 0 saturated carbocycles. The number of carbonyl (C=O) groups excluding carboxylic acids is 2. The van der Waals surface area contributed by atoms with E-state index in [4.69, 9.17) is 27.9 Å². The summed E-state index contributed by atoms with van der Waals surface area (Å²) >= 11 is 11.9. The summed E-state index contributed by atoms with van der Waals surface area (Å²) < 4.78 is 5.22. The van der Waals surface area contributed by atoms with E-state index in [1.807, 2.05) is 32.9 Å². The number of halogens is 2. The third-order valence-electron chi connectivity index (χ3n) is 3.75. The molecule has 2 aromatic carbocycles. The van der Waals surface area contributed by atoms with Crippen LogP contribution in [0.1, 0.15) is 34.0 Å². The van der Waals surface area contributed by atoms with E-state index in [2.05, 4.69) is 5.32 Å². The lowest BCUT2D eigenvalue weighted by Crippen LogP contribution is -2.30. The van der Waals surface area contributed by atoms with Crippen molar-refractivity contribution in [3.05, 3.63) is 62.6 Å². The van der Waals surface area contributed by atoms with E-state index >= 15 is 0 Å². The number of anilines is 1. The van der Waals surface area contributed by atoms with Gasteiger partial charge >= 0.3 is 5.97 Å². The maximum Gasteiger partial charge on any atom is 0.340 e. The molecule has 2 rings (SSSR count). The van der Waals surface area contributed by atoms with Crippen LogP contribution in [-0.4, -0.2) is 18.0 Å².